The van der Waals surface area contributed by atoms with E-state index in [1.165, 1.54) is 11.3 Å². The van der Waals surface area contributed by atoms with Crippen LogP contribution in [0.15, 0.2) is 120 Å². The van der Waals surface area contributed by atoms with Gasteiger partial charge in [-0.3, -0.25) is 4.79 Å². The zero-order valence-electron chi connectivity index (χ0n) is 22.6. The van der Waals surface area contributed by atoms with Gasteiger partial charge in [-0.1, -0.05) is 89.9 Å². The molecule has 0 saturated carbocycles. The van der Waals surface area contributed by atoms with Crippen molar-refractivity contribution in [2.75, 3.05) is 5.32 Å². The Kier molecular flexibility index (Phi) is 8.65. The minimum absolute atomic E-state index is 0.247. The number of hydrogen-bond acceptors (Lipinski definition) is 6. The van der Waals surface area contributed by atoms with Crippen molar-refractivity contribution in [1.82, 2.24) is 10.4 Å². The number of fused-ring (bicyclic) bond motifs is 1. The van der Waals surface area contributed by atoms with Crippen LogP contribution in [0.25, 0.3) is 22.0 Å². The van der Waals surface area contributed by atoms with Crippen LogP contribution in [0.3, 0.4) is 0 Å². The van der Waals surface area contributed by atoms with Gasteiger partial charge in [0, 0.05) is 43.4 Å². The molecule has 0 saturated heterocycles. The van der Waals surface area contributed by atoms with Crippen LogP contribution in [-0.4, -0.2) is 17.1 Å². The minimum Gasteiger partial charge on any atom is -0.488 e. The van der Waals surface area contributed by atoms with Crippen LogP contribution in [0, 0.1) is 0 Å². The quantitative estimate of drug-likeness (QED) is 0.124. The largest absolute Gasteiger partial charge is 0.488 e. The van der Waals surface area contributed by atoms with Crippen LogP contribution in [-0.2, 0) is 6.61 Å². The maximum Gasteiger partial charge on any atom is 0.271 e. The Bertz CT molecular complexity index is 1930. The molecule has 6 nitrogen and oxygen atoms in total. The zero-order chi connectivity index (χ0) is 29.6. The predicted octanol–water partition coefficient (Wildman–Crippen LogP) is 9.36. The first-order valence-corrected chi connectivity index (χ1v) is 15.0. The second-order valence-electron chi connectivity index (χ2n) is 9.53. The van der Waals surface area contributed by atoms with Gasteiger partial charge < -0.3 is 10.1 Å². The number of hydrogen-bond donors (Lipinski definition) is 2. The first kappa shape index (κ1) is 28.4. The lowest BCUT2D eigenvalue weighted by Crippen LogP contribution is -2.17. The summed E-state index contributed by atoms with van der Waals surface area (Å²) in [5, 5.41) is 13.4. The lowest BCUT2D eigenvalue weighted by molar-refractivity contribution is 0.0955. The summed E-state index contributed by atoms with van der Waals surface area (Å²) in [6.07, 6.45) is 1.60. The lowest BCUT2D eigenvalue weighted by atomic mass is 10.0. The summed E-state index contributed by atoms with van der Waals surface area (Å²) >= 11 is 13.9. The number of carbonyl (C=O) groups excluding carboxylic acids is 1. The molecule has 0 aliphatic carbocycles. The highest BCUT2D eigenvalue weighted by molar-refractivity contribution is 7.14. The van der Waals surface area contributed by atoms with Gasteiger partial charge in [-0.15, -0.1) is 11.3 Å². The van der Waals surface area contributed by atoms with Crippen molar-refractivity contribution in [1.29, 1.82) is 0 Å². The van der Waals surface area contributed by atoms with Gasteiger partial charge in [-0.2, -0.15) is 5.10 Å². The third kappa shape index (κ3) is 6.87. The number of amides is 1. The van der Waals surface area contributed by atoms with Crippen molar-refractivity contribution in [3.63, 3.8) is 0 Å². The second kappa shape index (κ2) is 13.1. The summed E-state index contributed by atoms with van der Waals surface area (Å²) in [6.45, 7) is 0.247. The molecular formula is C34H24Cl2N4O2S. The van der Waals surface area contributed by atoms with E-state index >= 15 is 0 Å². The summed E-state index contributed by atoms with van der Waals surface area (Å²) in [4.78, 5) is 17.6. The molecule has 1 heterocycles. The summed E-state index contributed by atoms with van der Waals surface area (Å²) in [6, 6.07) is 34.2. The molecule has 0 spiro atoms. The molecule has 0 radical (unpaired) electrons. The van der Waals surface area contributed by atoms with Crippen molar-refractivity contribution in [2.45, 2.75) is 6.61 Å². The monoisotopic (exact) mass is 622 g/mol. The van der Waals surface area contributed by atoms with E-state index in [1.54, 1.807) is 30.5 Å². The first-order chi connectivity index (χ1) is 21.0. The fourth-order valence-corrected chi connectivity index (χ4v) is 5.65. The van der Waals surface area contributed by atoms with E-state index in [4.69, 9.17) is 27.9 Å². The molecule has 2 N–H and O–H groups in total. The van der Waals surface area contributed by atoms with Crippen molar-refractivity contribution in [2.24, 2.45) is 5.10 Å². The molecule has 0 aliphatic heterocycles. The molecule has 43 heavy (non-hydrogen) atoms. The summed E-state index contributed by atoms with van der Waals surface area (Å²) in [5.74, 6) is 0.277. The van der Waals surface area contributed by atoms with E-state index in [0.29, 0.717) is 21.4 Å². The molecule has 212 valence electrons. The van der Waals surface area contributed by atoms with E-state index in [9.17, 15) is 4.79 Å². The number of benzene rings is 5. The predicted molar refractivity (Wildman–Crippen MR) is 177 cm³/mol. The standard InChI is InChI=1S/C34H24Cl2N4O2S/c35-26-16-14-25(30(36)18-26)20-42-32-17-15-22-6-4-5-9-28(22)29(32)19-37-40-33(41)24-12-10-23(11-13-24)31-21-43-34(39-31)38-27-7-2-1-3-8-27/h1-19,21H,20H2,(H,38,39)(H,40,41)/b37-19-. The van der Waals surface area contributed by atoms with Gasteiger partial charge in [0.15, 0.2) is 5.13 Å². The number of carbonyl (C=O) groups is 1. The van der Waals surface area contributed by atoms with Gasteiger partial charge >= 0.3 is 0 Å². The van der Waals surface area contributed by atoms with Gasteiger partial charge in [-0.05, 0) is 53.2 Å². The molecular weight excluding hydrogens is 599 g/mol. The van der Waals surface area contributed by atoms with Crippen LogP contribution in [0.1, 0.15) is 21.5 Å². The number of para-hydroxylation sites is 1. The Balaban J connectivity index is 1.15. The summed E-state index contributed by atoms with van der Waals surface area (Å²) < 4.78 is 6.14. The highest BCUT2D eigenvalue weighted by Crippen LogP contribution is 2.30. The Morgan fingerprint density at radius 3 is 2.51 bits per heavy atom. The van der Waals surface area contributed by atoms with Crippen molar-refractivity contribution in [3.8, 4) is 17.0 Å². The smallest absolute Gasteiger partial charge is 0.271 e. The maximum absolute atomic E-state index is 12.9. The molecule has 5 aromatic carbocycles. The number of ether oxygens (including phenoxy) is 1. The van der Waals surface area contributed by atoms with Crippen molar-refractivity contribution < 1.29 is 9.53 Å². The van der Waals surface area contributed by atoms with Gasteiger partial charge in [0.25, 0.3) is 5.91 Å². The lowest BCUT2D eigenvalue weighted by Gasteiger charge is -2.13. The van der Waals surface area contributed by atoms with Crippen LogP contribution in [0.4, 0.5) is 10.8 Å². The van der Waals surface area contributed by atoms with Crippen LogP contribution in [0.5, 0.6) is 5.75 Å². The fraction of sp³-hybridized carbons (Fsp3) is 0.0294. The number of hydrazone groups is 1. The number of nitrogens with zero attached hydrogens (tertiary/aromatic N) is 2. The normalized spacial score (nSPS) is 11.1. The first-order valence-electron chi connectivity index (χ1n) is 13.3. The van der Waals surface area contributed by atoms with Crippen LogP contribution >= 0.6 is 34.5 Å². The molecule has 1 aromatic heterocycles. The molecule has 1 amide bonds. The van der Waals surface area contributed by atoms with E-state index in [1.807, 2.05) is 90.3 Å². The Morgan fingerprint density at radius 2 is 1.70 bits per heavy atom. The Morgan fingerprint density at radius 1 is 0.907 bits per heavy atom. The van der Waals surface area contributed by atoms with Crippen molar-refractivity contribution >= 4 is 68.3 Å². The number of thiazole rings is 1. The average molecular weight is 624 g/mol. The third-order valence-corrected chi connectivity index (χ3v) is 8.01. The summed E-state index contributed by atoms with van der Waals surface area (Å²) in [5.41, 5.74) is 7.38. The molecule has 6 rings (SSSR count). The highest BCUT2D eigenvalue weighted by atomic mass is 35.5. The number of rotatable bonds is 9. The minimum atomic E-state index is -0.330. The number of anilines is 2. The van der Waals surface area contributed by atoms with Gasteiger partial charge in [0.1, 0.15) is 12.4 Å². The zero-order valence-corrected chi connectivity index (χ0v) is 25.0. The van der Waals surface area contributed by atoms with E-state index in [0.717, 1.165) is 44.0 Å². The number of aromatic nitrogens is 1. The number of nitrogens with one attached hydrogen (secondary N) is 2. The topological polar surface area (TPSA) is 75.6 Å². The van der Waals surface area contributed by atoms with Gasteiger partial charge in [0.2, 0.25) is 0 Å². The van der Waals surface area contributed by atoms with E-state index in [-0.39, 0.29) is 12.5 Å². The molecule has 0 unspecified atom stereocenters. The van der Waals surface area contributed by atoms with Crippen molar-refractivity contribution in [3.05, 3.63) is 141 Å². The highest BCUT2D eigenvalue weighted by Gasteiger charge is 2.11. The van der Waals surface area contributed by atoms with Gasteiger partial charge in [-0.25, -0.2) is 10.4 Å². The Hall–Kier alpha value is -4.69. The average Bonchev–Trinajstić information content (AvgIpc) is 3.50. The fourth-order valence-electron chi connectivity index (χ4n) is 4.45. The van der Waals surface area contributed by atoms with Crippen LogP contribution < -0.4 is 15.5 Å². The molecule has 9 heteroatoms. The molecule has 6 aromatic rings. The second-order valence-corrected chi connectivity index (χ2v) is 11.2. The van der Waals surface area contributed by atoms with E-state index in [2.05, 4.69) is 20.8 Å². The Labute approximate surface area is 262 Å². The maximum atomic E-state index is 12.9. The molecule has 0 aliphatic rings. The molecule has 0 bridgehead atoms. The van der Waals surface area contributed by atoms with E-state index < -0.39 is 0 Å². The molecule has 0 atom stereocenters. The summed E-state index contributed by atoms with van der Waals surface area (Å²) in [7, 11) is 0. The van der Waals surface area contributed by atoms with Gasteiger partial charge in [0.05, 0.1) is 11.9 Å². The SMILES string of the molecule is O=C(N/N=C\c1c(OCc2ccc(Cl)cc2Cl)ccc2ccccc12)c1ccc(-c2csc(Nc3ccccc3)n2)cc1. The third-order valence-electron chi connectivity index (χ3n) is 6.66. The molecule has 0 fully saturated rings. The van der Waals surface area contributed by atoms with Crippen LogP contribution in [0.2, 0.25) is 10.0 Å². The number of halogens is 2.